The molecule has 0 fully saturated rings. The predicted molar refractivity (Wildman–Crippen MR) is 117 cm³/mol. The Kier molecular flexibility index (Phi) is 5.62. The number of allylic oxidation sites excluding steroid dienone is 1. The second kappa shape index (κ2) is 7.93. The normalized spacial score (nSPS) is 11.3. The Hall–Kier alpha value is -2.65. The molecule has 0 unspecified atom stereocenters. The van der Waals surface area contributed by atoms with Crippen molar-refractivity contribution in [2.24, 2.45) is 0 Å². The van der Waals surface area contributed by atoms with Gasteiger partial charge in [-0.25, -0.2) is 0 Å². The van der Waals surface area contributed by atoms with Crippen LogP contribution in [0.15, 0.2) is 60.2 Å². The molecule has 0 spiro atoms. The third kappa shape index (κ3) is 3.88. The largest absolute Gasteiger partial charge is 0.318 e. The van der Waals surface area contributed by atoms with E-state index in [-0.39, 0.29) is 11.4 Å². The van der Waals surface area contributed by atoms with Gasteiger partial charge in [0.25, 0.3) is 0 Å². The van der Waals surface area contributed by atoms with Gasteiger partial charge in [0.15, 0.2) is 0 Å². The third-order valence-electron chi connectivity index (χ3n) is 4.58. The van der Waals surface area contributed by atoms with Gasteiger partial charge in [-0.3, -0.25) is 4.79 Å². The highest BCUT2D eigenvalue weighted by atomic mass is 127. The summed E-state index contributed by atoms with van der Waals surface area (Å²) in [6, 6.07) is 19.3. The quantitative estimate of drug-likeness (QED) is 0.211. The Morgan fingerprint density at radius 1 is 1.07 bits per heavy atom. The monoisotopic (exact) mass is 466 g/mol. The summed E-state index contributed by atoms with van der Waals surface area (Å²) in [6.07, 6.45) is 1.69. The molecule has 3 nitrogen and oxygen atoms in total. The van der Waals surface area contributed by atoms with Crippen LogP contribution < -0.4 is 0 Å². The number of aromatic nitrogens is 1. The molecule has 27 heavy (non-hydrogen) atoms. The van der Waals surface area contributed by atoms with E-state index in [4.69, 9.17) is 0 Å². The average molecular weight is 466 g/mol. The van der Waals surface area contributed by atoms with E-state index < -0.39 is 0 Å². The molecule has 1 heterocycles. The average Bonchev–Trinajstić information content (AvgIpc) is 2.95. The lowest BCUT2D eigenvalue weighted by atomic mass is 10.0. The zero-order valence-electron chi connectivity index (χ0n) is 15.5. The molecule has 0 aliphatic rings. The number of aryl methyl sites for hydroxylation is 2. The number of carbonyl (C=O) groups is 1. The van der Waals surface area contributed by atoms with Crippen LogP contribution in [0.25, 0.3) is 11.8 Å². The highest BCUT2D eigenvalue weighted by molar-refractivity contribution is 14.1. The Morgan fingerprint density at radius 2 is 1.78 bits per heavy atom. The van der Waals surface area contributed by atoms with E-state index in [2.05, 4.69) is 58.4 Å². The van der Waals surface area contributed by atoms with Crippen molar-refractivity contribution in [1.82, 2.24) is 4.57 Å². The van der Waals surface area contributed by atoms with E-state index in [0.717, 1.165) is 22.6 Å². The van der Waals surface area contributed by atoms with Gasteiger partial charge in [0.05, 0.1) is 0 Å². The lowest BCUT2D eigenvalue weighted by molar-refractivity contribution is 0.104. The summed E-state index contributed by atoms with van der Waals surface area (Å²) in [6.45, 7) is 6.12. The minimum Gasteiger partial charge on any atom is -0.318 e. The highest BCUT2D eigenvalue weighted by Crippen LogP contribution is 2.25. The maximum absolute atomic E-state index is 12.6. The van der Waals surface area contributed by atoms with E-state index in [9.17, 15) is 10.1 Å². The van der Waals surface area contributed by atoms with E-state index >= 15 is 0 Å². The molecular weight excluding hydrogens is 447 g/mol. The summed E-state index contributed by atoms with van der Waals surface area (Å²) < 4.78 is 3.35. The minimum atomic E-state index is -0.257. The first kappa shape index (κ1) is 19.1. The first-order valence-corrected chi connectivity index (χ1v) is 9.67. The van der Waals surface area contributed by atoms with Crippen LogP contribution in [0.3, 0.4) is 0 Å². The molecule has 0 saturated carbocycles. The second-order valence-corrected chi connectivity index (χ2v) is 7.62. The van der Waals surface area contributed by atoms with Crippen molar-refractivity contribution in [3.63, 3.8) is 0 Å². The molecule has 3 aromatic rings. The Bertz CT molecular complexity index is 1090. The fourth-order valence-electron chi connectivity index (χ4n) is 3.10. The van der Waals surface area contributed by atoms with Gasteiger partial charge in [0, 0.05) is 26.2 Å². The first-order valence-electron chi connectivity index (χ1n) is 8.59. The number of benzene rings is 2. The standard InChI is InChI=1S/C23H19IN2O/c1-15-9-10-21(13-22(15)24)26-16(2)11-19(17(26)3)12-20(14-25)23(27)18-7-5-4-6-8-18/h4-13H,1-3H3. The molecule has 0 aliphatic heterocycles. The molecule has 2 aromatic carbocycles. The molecule has 0 radical (unpaired) electrons. The topological polar surface area (TPSA) is 45.8 Å². The molecule has 3 rings (SSSR count). The van der Waals surface area contributed by atoms with Crippen molar-refractivity contribution in [2.75, 3.05) is 0 Å². The van der Waals surface area contributed by atoms with Gasteiger partial charge in [-0.15, -0.1) is 0 Å². The first-order chi connectivity index (χ1) is 12.9. The minimum absolute atomic E-state index is 0.139. The molecule has 0 atom stereocenters. The van der Waals surface area contributed by atoms with E-state index in [0.29, 0.717) is 5.56 Å². The number of nitriles is 1. The zero-order chi connectivity index (χ0) is 19.6. The summed E-state index contributed by atoms with van der Waals surface area (Å²) in [5, 5.41) is 9.52. The Balaban J connectivity index is 2.05. The predicted octanol–water partition coefficient (Wildman–Crippen LogP) is 5.80. The fourth-order valence-corrected chi connectivity index (χ4v) is 3.60. The summed E-state index contributed by atoms with van der Waals surface area (Å²) >= 11 is 2.34. The highest BCUT2D eigenvalue weighted by Gasteiger charge is 2.15. The van der Waals surface area contributed by atoms with Gasteiger partial charge in [0.2, 0.25) is 5.78 Å². The van der Waals surface area contributed by atoms with Crippen molar-refractivity contribution in [1.29, 1.82) is 5.26 Å². The Labute approximate surface area is 173 Å². The molecule has 0 bridgehead atoms. The van der Waals surface area contributed by atoms with Crippen LogP contribution in [0.4, 0.5) is 0 Å². The van der Waals surface area contributed by atoms with Crippen LogP contribution in [0.5, 0.6) is 0 Å². The van der Waals surface area contributed by atoms with Gasteiger partial charge < -0.3 is 4.57 Å². The SMILES string of the molecule is Cc1ccc(-n2c(C)cc(C=C(C#N)C(=O)c3ccccc3)c2C)cc1I. The summed E-state index contributed by atoms with van der Waals surface area (Å²) in [4.78, 5) is 12.6. The lowest BCUT2D eigenvalue weighted by Gasteiger charge is -2.11. The smallest absolute Gasteiger partial charge is 0.203 e. The van der Waals surface area contributed by atoms with Crippen molar-refractivity contribution < 1.29 is 4.79 Å². The van der Waals surface area contributed by atoms with Crippen molar-refractivity contribution in [3.05, 3.63) is 91.8 Å². The molecule has 0 amide bonds. The van der Waals surface area contributed by atoms with E-state index in [1.807, 2.05) is 26.0 Å². The maximum Gasteiger partial charge on any atom is 0.203 e. The number of Topliss-reactive ketones (excluding diaryl/α,β-unsaturated/α-hetero) is 1. The Morgan fingerprint density at radius 3 is 2.41 bits per heavy atom. The number of rotatable bonds is 4. The summed E-state index contributed by atoms with van der Waals surface area (Å²) in [5.41, 5.74) is 5.91. The maximum atomic E-state index is 12.6. The van der Waals surface area contributed by atoms with Gasteiger partial charge in [-0.2, -0.15) is 5.26 Å². The van der Waals surface area contributed by atoms with Crippen LogP contribution >= 0.6 is 22.6 Å². The van der Waals surface area contributed by atoms with Gasteiger partial charge in [-0.05, 0) is 78.8 Å². The van der Waals surface area contributed by atoms with Crippen LogP contribution in [0.1, 0.15) is 32.9 Å². The number of hydrogen-bond acceptors (Lipinski definition) is 2. The molecule has 0 saturated heterocycles. The fraction of sp³-hybridized carbons (Fsp3) is 0.130. The number of halogens is 1. The molecule has 134 valence electrons. The van der Waals surface area contributed by atoms with E-state index in [1.165, 1.54) is 9.13 Å². The van der Waals surface area contributed by atoms with Crippen LogP contribution in [-0.2, 0) is 0 Å². The van der Waals surface area contributed by atoms with Crippen LogP contribution in [0.2, 0.25) is 0 Å². The van der Waals surface area contributed by atoms with Crippen LogP contribution in [0, 0.1) is 35.7 Å². The zero-order valence-corrected chi connectivity index (χ0v) is 17.6. The third-order valence-corrected chi connectivity index (χ3v) is 5.75. The number of hydrogen-bond donors (Lipinski definition) is 0. The molecular formula is C23H19IN2O. The van der Waals surface area contributed by atoms with Crippen LogP contribution in [-0.4, -0.2) is 10.4 Å². The molecule has 0 N–H and O–H groups in total. The van der Waals surface area contributed by atoms with Crippen molar-refractivity contribution in [2.45, 2.75) is 20.8 Å². The summed E-state index contributed by atoms with van der Waals surface area (Å²) in [5.74, 6) is -0.257. The number of carbonyl (C=O) groups excluding carboxylic acids is 1. The van der Waals surface area contributed by atoms with Gasteiger partial charge >= 0.3 is 0 Å². The summed E-state index contributed by atoms with van der Waals surface area (Å²) in [7, 11) is 0. The van der Waals surface area contributed by atoms with Crippen molar-refractivity contribution >= 4 is 34.5 Å². The van der Waals surface area contributed by atoms with E-state index in [1.54, 1.807) is 30.3 Å². The number of nitrogens with zero attached hydrogens (tertiary/aromatic N) is 2. The lowest BCUT2D eigenvalue weighted by Crippen LogP contribution is -2.02. The second-order valence-electron chi connectivity index (χ2n) is 6.46. The molecule has 0 aliphatic carbocycles. The molecule has 1 aromatic heterocycles. The van der Waals surface area contributed by atoms with Crippen molar-refractivity contribution in [3.8, 4) is 11.8 Å². The molecule has 4 heteroatoms. The van der Waals surface area contributed by atoms with Gasteiger partial charge in [0.1, 0.15) is 11.6 Å². The van der Waals surface area contributed by atoms with Gasteiger partial charge in [-0.1, -0.05) is 36.4 Å². The number of ketones is 1.